The Morgan fingerprint density at radius 3 is 2.69 bits per heavy atom. The van der Waals surface area contributed by atoms with Gasteiger partial charge in [0.2, 0.25) is 0 Å². The number of benzene rings is 1. The number of rotatable bonds is 4. The molecule has 1 aliphatic rings. The van der Waals surface area contributed by atoms with Gasteiger partial charge in [-0.25, -0.2) is 0 Å². The molecule has 1 aromatic carbocycles. The van der Waals surface area contributed by atoms with Gasteiger partial charge in [0.1, 0.15) is 5.75 Å². The van der Waals surface area contributed by atoms with E-state index in [0.717, 1.165) is 12.4 Å². The van der Waals surface area contributed by atoms with Gasteiger partial charge < -0.3 is 10.1 Å². The largest absolute Gasteiger partial charge is 0.494 e. The first-order valence-electron chi connectivity index (χ1n) is 6.01. The Balaban J connectivity index is 2.19. The standard InChI is InChI=1S/C14H21NO/c1-5-16-11-8-6-7-10(9-11)12-13(15-4)14(12,2)3/h6-9,12-13,15H,5H2,1-4H3. The van der Waals surface area contributed by atoms with Gasteiger partial charge in [-0.1, -0.05) is 26.0 Å². The summed E-state index contributed by atoms with van der Waals surface area (Å²) in [7, 11) is 2.04. The highest BCUT2D eigenvalue weighted by Crippen LogP contribution is 2.58. The molecule has 2 atom stereocenters. The van der Waals surface area contributed by atoms with Gasteiger partial charge >= 0.3 is 0 Å². The Hall–Kier alpha value is -1.02. The Kier molecular flexibility index (Phi) is 2.94. The Morgan fingerprint density at radius 2 is 2.12 bits per heavy atom. The normalized spacial score (nSPS) is 26.5. The minimum absolute atomic E-state index is 0.361. The van der Waals surface area contributed by atoms with E-state index < -0.39 is 0 Å². The third kappa shape index (κ3) is 1.82. The van der Waals surface area contributed by atoms with Crippen LogP contribution in [0.15, 0.2) is 24.3 Å². The van der Waals surface area contributed by atoms with E-state index in [0.29, 0.717) is 17.4 Å². The van der Waals surface area contributed by atoms with Crippen molar-refractivity contribution in [3.63, 3.8) is 0 Å². The van der Waals surface area contributed by atoms with E-state index in [1.54, 1.807) is 0 Å². The van der Waals surface area contributed by atoms with Crippen LogP contribution >= 0.6 is 0 Å². The summed E-state index contributed by atoms with van der Waals surface area (Å²) < 4.78 is 5.54. The SMILES string of the molecule is CCOc1cccc(C2C(NC)C2(C)C)c1. The maximum absolute atomic E-state index is 5.54. The zero-order valence-corrected chi connectivity index (χ0v) is 10.6. The van der Waals surface area contributed by atoms with Crippen molar-refractivity contribution < 1.29 is 4.74 Å². The smallest absolute Gasteiger partial charge is 0.119 e. The maximum atomic E-state index is 5.54. The first-order valence-corrected chi connectivity index (χ1v) is 6.01. The molecule has 0 bridgehead atoms. The molecule has 0 aromatic heterocycles. The van der Waals surface area contributed by atoms with E-state index in [2.05, 4.69) is 37.4 Å². The Morgan fingerprint density at radius 1 is 1.38 bits per heavy atom. The third-order valence-electron chi connectivity index (χ3n) is 3.67. The fraction of sp³-hybridized carbons (Fsp3) is 0.571. The molecule has 88 valence electrons. The van der Waals surface area contributed by atoms with Crippen LogP contribution in [0.5, 0.6) is 5.75 Å². The molecule has 0 aliphatic heterocycles. The highest BCUT2D eigenvalue weighted by molar-refractivity contribution is 5.39. The first kappa shape index (κ1) is 11.5. The van der Waals surface area contributed by atoms with Crippen LogP contribution in [0.25, 0.3) is 0 Å². The summed E-state index contributed by atoms with van der Waals surface area (Å²) in [4.78, 5) is 0. The second-order valence-corrected chi connectivity index (χ2v) is 5.07. The highest BCUT2D eigenvalue weighted by atomic mass is 16.5. The van der Waals surface area contributed by atoms with E-state index in [1.807, 2.05) is 20.0 Å². The molecule has 1 fully saturated rings. The zero-order valence-electron chi connectivity index (χ0n) is 10.6. The van der Waals surface area contributed by atoms with Crippen LogP contribution in [0.2, 0.25) is 0 Å². The van der Waals surface area contributed by atoms with Crippen molar-refractivity contribution in [1.82, 2.24) is 5.32 Å². The average molecular weight is 219 g/mol. The summed E-state index contributed by atoms with van der Waals surface area (Å²) in [5, 5.41) is 3.39. The molecule has 1 saturated carbocycles. The molecular weight excluding hydrogens is 198 g/mol. The van der Waals surface area contributed by atoms with Crippen molar-refractivity contribution in [2.75, 3.05) is 13.7 Å². The molecule has 1 aliphatic carbocycles. The minimum Gasteiger partial charge on any atom is -0.494 e. The highest BCUT2D eigenvalue weighted by Gasteiger charge is 2.57. The topological polar surface area (TPSA) is 21.3 Å². The van der Waals surface area contributed by atoms with E-state index in [-0.39, 0.29) is 0 Å². The molecule has 2 heteroatoms. The molecule has 16 heavy (non-hydrogen) atoms. The van der Waals surface area contributed by atoms with Gasteiger partial charge in [0, 0.05) is 12.0 Å². The third-order valence-corrected chi connectivity index (χ3v) is 3.67. The van der Waals surface area contributed by atoms with Crippen LogP contribution in [0.1, 0.15) is 32.3 Å². The molecule has 2 nitrogen and oxygen atoms in total. The summed E-state index contributed by atoms with van der Waals surface area (Å²) >= 11 is 0. The summed E-state index contributed by atoms with van der Waals surface area (Å²) in [5.41, 5.74) is 1.75. The van der Waals surface area contributed by atoms with Crippen LogP contribution in [0, 0.1) is 5.41 Å². The first-order chi connectivity index (χ1) is 7.61. The van der Waals surface area contributed by atoms with Gasteiger partial charge in [0.25, 0.3) is 0 Å². The quantitative estimate of drug-likeness (QED) is 0.840. The summed E-state index contributed by atoms with van der Waals surface area (Å²) in [5.74, 6) is 1.59. The molecule has 2 unspecified atom stereocenters. The lowest BCUT2D eigenvalue weighted by Crippen LogP contribution is -2.14. The van der Waals surface area contributed by atoms with Gasteiger partial charge in [-0.3, -0.25) is 0 Å². The van der Waals surface area contributed by atoms with Crippen molar-refractivity contribution in [1.29, 1.82) is 0 Å². The molecule has 1 aromatic rings. The second-order valence-electron chi connectivity index (χ2n) is 5.07. The minimum atomic E-state index is 0.361. The van der Waals surface area contributed by atoms with Gasteiger partial charge in [-0.2, -0.15) is 0 Å². The lowest BCUT2D eigenvalue weighted by molar-refractivity contribution is 0.340. The Labute approximate surface area is 98.0 Å². The fourth-order valence-electron chi connectivity index (χ4n) is 2.76. The molecule has 0 heterocycles. The van der Waals surface area contributed by atoms with Crippen LogP contribution in [-0.4, -0.2) is 19.7 Å². The predicted molar refractivity (Wildman–Crippen MR) is 67.0 cm³/mol. The average Bonchev–Trinajstić information content (AvgIpc) is 2.81. The molecule has 0 spiro atoms. The van der Waals surface area contributed by atoms with Crippen molar-refractivity contribution in [2.24, 2.45) is 5.41 Å². The maximum Gasteiger partial charge on any atom is 0.119 e. The Bertz CT molecular complexity index is 373. The van der Waals surface area contributed by atoms with Gasteiger partial charge in [-0.05, 0) is 37.1 Å². The van der Waals surface area contributed by atoms with Crippen molar-refractivity contribution in [2.45, 2.75) is 32.7 Å². The van der Waals surface area contributed by atoms with E-state index >= 15 is 0 Å². The predicted octanol–water partition coefficient (Wildman–Crippen LogP) is 2.80. The molecule has 1 N–H and O–H groups in total. The van der Waals surface area contributed by atoms with Crippen molar-refractivity contribution in [3.8, 4) is 5.75 Å². The van der Waals surface area contributed by atoms with E-state index in [4.69, 9.17) is 4.74 Å². The molecule has 0 radical (unpaired) electrons. The molecule has 2 rings (SSSR count). The lowest BCUT2D eigenvalue weighted by Gasteiger charge is -2.06. The lowest BCUT2D eigenvalue weighted by atomic mass is 10.0. The van der Waals surface area contributed by atoms with Crippen LogP contribution in [-0.2, 0) is 0 Å². The second kappa shape index (κ2) is 4.10. The number of ether oxygens (including phenoxy) is 1. The summed E-state index contributed by atoms with van der Waals surface area (Å²) in [6, 6.07) is 9.07. The van der Waals surface area contributed by atoms with Crippen molar-refractivity contribution in [3.05, 3.63) is 29.8 Å². The number of likely N-dealkylation sites (N-methyl/N-ethyl adjacent to an activating group) is 1. The van der Waals surface area contributed by atoms with E-state index in [9.17, 15) is 0 Å². The monoisotopic (exact) mass is 219 g/mol. The van der Waals surface area contributed by atoms with Crippen molar-refractivity contribution >= 4 is 0 Å². The number of hydrogen-bond acceptors (Lipinski definition) is 2. The molecule has 0 saturated heterocycles. The summed E-state index contributed by atoms with van der Waals surface area (Å²) in [6.45, 7) is 7.37. The van der Waals surface area contributed by atoms with Crippen LogP contribution < -0.4 is 10.1 Å². The van der Waals surface area contributed by atoms with Crippen LogP contribution in [0.4, 0.5) is 0 Å². The van der Waals surface area contributed by atoms with Gasteiger partial charge in [-0.15, -0.1) is 0 Å². The summed E-state index contributed by atoms with van der Waals surface area (Å²) in [6.07, 6.45) is 0. The zero-order chi connectivity index (χ0) is 11.8. The van der Waals surface area contributed by atoms with Crippen LogP contribution in [0.3, 0.4) is 0 Å². The fourth-order valence-corrected chi connectivity index (χ4v) is 2.76. The molecule has 0 amide bonds. The van der Waals surface area contributed by atoms with E-state index in [1.165, 1.54) is 5.56 Å². The number of hydrogen-bond donors (Lipinski definition) is 1. The molecular formula is C14H21NO. The number of nitrogens with one attached hydrogen (secondary N) is 1. The van der Waals surface area contributed by atoms with Gasteiger partial charge in [0.15, 0.2) is 0 Å². The van der Waals surface area contributed by atoms with Gasteiger partial charge in [0.05, 0.1) is 6.61 Å².